The molecule has 0 spiro atoms. The maximum Gasteiger partial charge on any atom is 0.125 e. The molecule has 3 nitrogen and oxygen atoms in total. The minimum absolute atomic E-state index is 0.00733. The summed E-state index contributed by atoms with van der Waals surface area (Å²) in [5, 5.41) is 10.0. The molecule has 1 N–H and O–H groups in total. The number of hydrogen-bond donors (Lipinski definition) is 1. The summed E-state index contributed by atoms with van der Waals surface area (Å²) in [5.41, 5.74) is 2.11. The third kappa shape index (κ3) is 2.51. The lowest BCUT2D eigenvalue weighted by atomic mass is 10.1. The Kier molecular flexibility index (Phi) is 3.81. The first kappa shape index (κ1) is 12.5. The van der Waals surface area contributed by atoms with Gasteiger partial charge in [0, 0.05) is 5.56 Å². The maximum absolute atomic E-state index is 9.14. The van der Waals surface area contributed by atoms with E-state index in [2.05, 4.69) is 20.9 Å². The summed E-state index contributed by atoms with van der Waals surface area (Å²) >= 11 is 4.82. The van der Waals surface area contributed by atoms with E-state index in [-0.39, 0.29) is 6.61 Å². The Balaban J connectivity index is 2.42. The summed E-state index contributed by atoms with van der Waals surface area (Å²) in [5.74, 6) is 0.867. The van der Waals surface area contributed by atoms with Gasteiger partial charge in [0.25, 0.3) is 0 Å². The van der Waals surface area contributed by atoms with Gasteiger partial charge < -0.3 is 9.84 Å². The van der Waals surface area contributed by atoms with Crippen LogP contribution >= 0.6 is 27.3 Å². The van der Waals surface area contributed by atoms with E-state index in [0.29, 0.717) is 4.60 Å². The summed E-state index contributed by atoms with van der Waals surface area (Å²) in [6, 6.07) is 5.93. The SMILES string of the molecule is COc1ccc(-c2nc(Br)c(CO)s2)cc1C. The summed E-state index contributed by atoms with van der Waals surface area (Å²) < 4.78 is 5.94. The second-order valence-electron chi connectivity index (χ2n) is 3.58. The zero-order chi connectivity index (χ0) is 12.4. The Hall–Kier alpha value is -0.910. The number of ether oxygens (including phenoxy) is 1. The zero-order valence-corrected chi connectivity index (χ0v) is 11.9. The van der Waals surface area contributed by atoms with E-state index in [9.17, 15) is 0 Å². The molecular formula is C12H12BrNO2S. The van der Waals surface area contributed by atoms with Crippen LogP contribution in [0.5, 0.6) is 5.75 Å². The van der Waals surface area contributed by atoms with Crippen LogP contribution < -0.4 is 4.74 Å². The third-order valence-corrected chi connectivity index (χ3v) is 4.44. The second-order valence-corrected chi connectivity index (χ2v) is 5.41. The summed E-state index contributed by atoms with van der Waals surface area (Å²) in [7, 11) is 1.66. The minimum Gasteiger partial charge on any atom is -0.496 e. The highest BCUT2D eigenvalue weighted by Gasteiger charge is 2.10. The minimum atomic E-state index is 0.00733. The fourth-order valence-electron chi connectivity index (χ4n) is 1.57. The van der Waals surface area contributed by atoms with E-state index >= 15 is 0 Å². The predicted octanol–water partition coefficient (Wildman–Crippen LogP) is 3.38. The van der Waals surface area contributed by atoms with Gasteiger partial charge in [0.05, 0.1) is 18.6 Å². The van der Waals surface area contributed by atoms with E-state index in [1.807, 2.05) is 25.1 Å². The number of thiazole rings is 1. The average molecular weight is 314 g/mol. The topological polar surface area (TPSA) is 42.4 Å². The smallest absolute Gasteiger partial charge is 0.125 e. The molecule has 1 heterocycles. The van der Waals surface area contributed by atoms with Crippen molar-refractivity contribution in [3.8, 4) is 16.3 Å². The summed E-state index contributed by atoms with van der Waals surface area (Å²) in [4.78, 5) is 5.22. The molecule has 1 aromatic carbocycles. The van der Waals surface area contributed by atoms with E-state index in [1.54, 1.807) is 7.11 Å². The number of aliphatic hydroxyl groups excluding tert-OH is 1. The van der Waals surface area contributed by atoms with Crippen LogP contribution in [-0.2, 0) is 6.61 Å². The largest absolute Gasteiger partial charge is 0.496 e. The summed E-state index contributed by atoms with van der Waals surface area (Å²) in [6.07, 6.45) is 0. The first-order valence-corrected chi connectivity index (χ1v) is 6.67. The molecule has 0 bridgehead atoms. The van der Waals surface area contributed by atoms with E-state index in [1.165, 1.54) is 11.3 Å². The molecule has 0 saturated carbocycles. The summed E-state index contributed by atoms with van der Waals surface area (Å²) in [6.45, 7) is 2.01. The number of aryl methyl sites for hydroxylation is 1. The quantitative estimate of drug-likeness (QED) is 0.944. The molecule has 5 heteroatoms. The fraction of sp³-hybridized carbons (Fsp3) is 0.250. The Bertz CT molecular complexity index is 539. The van der Waals surface area contributed by atoms with Crippen molar-refractivity contribution in [1.82, 2.24) is 4.98 Å². The van der Waals surface area contributed by atoms with Crippen LogP contribution in [-0.4, -0.2) is 17.2 Å². The highest BCUT2D eigenvalue weighted by atomic mass is 79.9. The van der Waals surface area contributed by atoms with Crippen LogP contribution in [0.1, 0.15) is 10.4 Å². The number of benzene rings is 1. The molecule has 90 valence electrons. The number of methoxy groups -OCH3 is 1. The van der Waals surface area contributed by atoms with Crippen molar-refractivity contribution in [3.05, 3.63) is 33.2 Å². The molecule has 0 radical (unpaired) electrons. The highest BCUT2D eigenvalue weighted by Crippen LogP contribution is 2.33. The molecule has 0 fully saturated rings. The van der Waals surface area contributed by atoms with Gasteiger partial charge in [0.2, 0.25) is 0 Å². The standard InChI is InChI=1S/C12H12BrNO2S/c1-7-5-8(3-4-9(7)16-2)12-14-11(13)10(6-15)17-12/h3-5,15H,6H2,1-2H3. The first-order chi connectivity index (χ1) is 8.15. The van der Waals surface area contributed by atoms with Crippen LogP contribution in [0, 0.1) is 6.92 Å². The lowest BCUT2D eigenvalue weighted by Crippen LogP contribution is -1.87. The van der Waals surface area contributed by atoms with E-state index in [0.717, 1.165) is 26.8 Å². The molecule has 0 unspecified atom stereocenters. The molecule has 1 aromatic heterocycles. The van der Waals surface area contributed by atoms with Crippen molar-refractivity contribution in [2.75, 3.05) is 7.11 Å². The van der Waals surface area contributed by atoms with E-state index in [4.69, 9.17) is 9.84 Å². The van der Waals surface area contributed by atoms with Gasteiger partial charge in [-0.15, -0.1) is 11.3 Å². The van der Waals surface area contributed by atoms with Gasteiger partial charge in [-0.1, -0.05) is 0 Å². The Morgan fingerprint density at radius 1 is 1.47 bits per heavy atom. The maximum atomic E-state index is 9.14. The molecule has 0 aliphatic heterocycles. The van der Waals surface area contributed by atoms with Gasteiger partial charge in [-0.3, -0.25) is 0 Å². The van der Waals surface area contributed by atoms with Crippen molar-refractivity contribution in [3.63, 3.8) is 0 Å². The molecule has 0 amide bonds. The van der Waals surface area contributed by atoms with Crippen molar-refractivity contribution in [2.24, 2.45) is 0 Å². The van der Waals surface area contributed by atoms with Crippen LogP contribution in [0.3, 0.4) is 0 Å². The molecule has 0 atom stereocenters. The predicted molar refractivity (Wildman–Crippen MR) is 72.5 cm³/mol. The average Bonchev–Trinajstić information content (AvgIpc) is 2.70. The molecule has 0 aliphatic rings. The van der Waals surface area contributed by atoms with Crippen LogP contribution in [0.2, 0.25) is 0 Å². The number of halogens is 1. The second kappa shape index (κ2) is 5.16. The normalized spacial score (nSPS) is 10.6. The number of aromatic nitrogens is 1. The first-order valence-electron chi connectivity index (χ1n) is 5.06. The van der Waals surface area contributed by atoms with Gasteiger partial charge >= 0.3 is 0 Å². The van der Waals surface area contributed by atoms with Crippen LogP contribution in [0.25, 0.3) is 10.6 Å². The van der Waals surface area contributed by atoms with Gasteiger partial charge in [0.15, 0.2) is 0 Å². The fourth-order valence-corrected chi connectivity index (χ4v) is 3.04. The monoisotopic (exact) mass is 313 g/mol. The number of nitrogens with zero attached hydrogens (tertiary/aromatic N) is 1. The van der Waals surface area contributed by atoms with Crippen molar-refractivity contribution < 1.29 is 9.84 Å². The van der Waals surface area contributed by atoms with Gasteiger partial charge in [-0.05, 0) is 46.6 Å². The van der Waals surface area contributed by atoms with Gasteiger partial charge in [0.1, 0.15) is 15.4 Å². The molecule has 2 rings (SSSR count). The Morgan fingerprint density at radius 2 is 2.24 bits per heavy atom. The molecule has 0 aliphatic carbocycles. The van der Waals surface area contributed by atoms with Crippen molar-refractivity contribution in [2.45, 2.75) is 13.5 Å². The lowest BCUT2D eigenvalue weighted by Gasteiger charge is -2.05. The van der Waals surface area contributed by atoms with Crippen molar-refractivity contribution >= 4 is 27.3 Å². The number of rotatable bonds is 3. The third-order valence-electron chi connectivity index (χ3n) is 2.44. The van der Waals surface area contributed by atoms with Crippen molar-refractivity contribution in [1.29, 1.82) is 0 Å². The van der Waals surface area contributed by atoms with Crippen LogP contribution in [0.15, 0.2) is 22.8 Å². The van der Waals surface area contributed by atoms with Crippen LogP contribution in [0.4, 0.5) is 0 Å². The van der Waals surface area contributed by atoms with Gasteiger partial charge in [-0.2, -0.15) is 0 Å². The Labute approximate surface area is 112 Å². The highest BCUT2D eigenvalue weighted by molar-refractivity contribution is 9.10. The molecule has 17 heavy (non-hydrogen) atoms. The molecule has 0 saturated heterocycles. The number of hydrogen-bond acceptors (Lipinski definition) is 4. The molecular weight excluding hydrogens is 302 g/mol. The lowest BCUT2D eigenvalue weighted by molar-refractivity contribution is 0.284. The zero-order valence-electron chi connectivity index (χ0n) is 9.53. The van der Waals surface area contributed by atoms with E-state index < -0.39 is 0 Å². The van der Waals surface area contributed by atoms with Gasteiger partial charge in [-0.25, -0.2) is 4.98 Å². The Morgan fingerprint density at radius 3 is 2.76 bits per heavy atom. The molecule has 2 aromatic rings. The number of aliphatic hydroxyl groups is 1.